The lowest BCUT2D eigenvalue weighted by atomic mass is 10.0. The number of piperidine rings is 1. The number of nitrogens with zero attached hydrogens (tertiary/aromatic N) is 4. The van der Waals surface area contributed by atoms with Gasteiger partial charge >= 0.3 is 0 Å². The number of nitrogens with one attached hydrogen (secondary N) is 1. The topological polar surface area (TPSA) is 53.5 Å². The van der Waals surface area contributed by atoms with Crippen LogP contribution in [0.15, 0.2) is 18.2 Å². The molecule has 34 heavy (non-hydrogen) atoms. The molecular weight excluding hydrogens is 442 g/mol. The SMILES string of the molecule is CCCc1nc(NC2CCN(Cc3ccc(OC)c(CN(C)C)c3)CC2)c2c(C)c(C)sc2n1. The summed E-state index contributed by atoms with van der Waals surface area (Å²) in [6.45, 7) is 10.6. The number of methoxy groups -OCH3 is 1. The average Bonchev–Trinajstić information content (AvgIpc) is 3.08. The van der Waals surface area contributed by atoms with E-state index in [0.29, 0.717) is 6.04 Å². The van der Waals surface area contributed by atoms with Crippen molar-refractivity contribution in [1.29, 1.82) is 0 Å². The highest BCUT2D eigenvalue weighted by Gasteiger charge is 2.22. The predicted molar refractivity (Wildman–Crippen MR) is 143 cm³/mol. The monoisotopic (exact) mass is 481 g/mol. The molecule has 0 saturated carbocycles. The van der Waals surface area contributed by atoms with Crippen molar-refractivity contribution in [3.8, 4) is 5.75 Å². The Morgan fingerprint density at radius 1 is 1.18 bits per heavy atom. The van der Waals surface area contributed by atoms with Gasteiger partial charge < -0.3 is 15.0 Å². The summed E-state index contributed by atoms with van der Waals surface area (Å²) in [5.41, 5.74) is 3.92. The van der Waals surface area contributed by atoms with Crippen LogP contribution in [0, 0.1) is 13.8 Å². The van der Waals surface area contributed by atoms with Crippen LogP contribution in [0.3, 0.4) is 0 Å². The number of fused-ring (bicyclic) bond motifs is 1. The molecule has 184 valence electrons. The number of likely N-dealkylation sites (tertiary alicyclic amines) is 1. The minimum atomic E-state index is 0.448. The summed E-state index contributed by atoms with van der Waals surface area (Å²) < 4.78 is 5.57. The minimum absolute atomic E-state index is 0.448. The van der Waals surface area contributed by atoms with E-state index in [2.05, 4.69) is 68.2 Å². The van der Waals surface area contributed by atoms with Crippen molar-refractivity contribution in [1.82, 2.24) is 19.8 Å². The third-order valence-corrected chi connectivity index (χ3v) is 7.82. The number of benzene rings is 1. The van der Waals surface area contributed by atoms with Gasteiger partial charge in [0.25, 0.3) is 0 Å². The normalized spacial score (nSPS) is 15.4. The molecule has 1 aromatic carbocycles. The van der Waals surface area contributed by atoms with Crippen molar-refractivity contribution in [2.24, 2.45) is 0 Å². The van der Waals surface area contributed by atoms with Crippen LogP contribution in [0.4, 0.5) is 5.82 Å². The molecule has 0 aliphatic carbocycles. The van der Waals surface area contributed by atoms with Crippen LogP contribution in [0.5, 0.6) is 5.75 Å². The molecule has 1 fully saturated rings. The zero-order chi connectivity index (χ0) is 24.2. The minimum Gasteiger partial charge on any atom is -0.496 e. The second-order valence-electron chi connectivity index (χ2n) is 9.78. The third kappa shape index (κ3) is 5.70. The zero-order valence-electron chi connectivity index (χ0n) is 21.6. The predicted octanol–water partition coefficient (Wildman–Crippen LogP) is 5.41. The van der Waals surface area contributed by atoms with Crippen molar-refractivity contribution < 1.29 is 4.74 Å². The highest BCUT2D eigenvalue weighted by Crippen LogP contribution is 2.34. The second kappa shape index (κ2) is 11.0. The molecule has 1 N–H and O–H groups in total. The van der Waals surface area contributed by atoms with E-state index in [0.717, 1.165) is 74.1 Å². The average molecular weight is 482 g/mol. The van der Waals surface area contributed by atoms with E-state index >= 15 is 0 Å². The van der Waals surface area contributed by atoms with E-state index in [9.17, 15) is 0 Å². The Balaban J connectivity index is 1.42. The van der Waals surface area contributed by atoms with Gasteiger partial charge in [-0.2, -0.15) is 0 Å². The number of hydrogen-bond acceptors (Lipinski definition) is 7. The lowest BCUT2D eigenvalue weighted by Crippen LogP contribution is -2.38. The van der Waals surface area contributed by atoms with Gasteiger partial charge in [0, 0.05) is 49.1 Å². The fraction of sp³-hybridized carbons (Fsp3) is 0.556. The number of thiophene rings is 1. The van der Waals surface area contributed by atoms with Crippen LogP contribution >= 0.6 is 11.3 Å². The molecule has 0 spiro atoms. The van der Waals surface area contributed by atoms with Crippen molar-refractivity contribution in [2.75, 3.05) is 39.6 Å². The number of rotatable bonds is 9. The molecule has 3 aromatic rings. The van der Waals surface area contributed by atoms with Gasteiger partial charge in [-0.15, -0.1) is 11.3 Å². The molecule has 0 unspecified atom stereocenters. The summed E-state index contributed by atoms with van der Waals surface area (Å²) in [5, 5.41) is 5.03. The van der Waals surface area contributed by atoms with Crippen LogP contribution in [0.1, 0.15) is 53.6 Å². The van der Waals surface area contributed by atoms with Gasteiger partial charge in [0.2, 0.25) is 0 Å². The lowest BCUT2D eigenvalue weighted by Gasteiger charge is -2.33. The van der Waals surface area contributed by atoms with Crippen molar-refractivity contribution >= 4 is 27.4 Å². The maximum absolute atomic E-state index is 5.57. The van der Waals surface area contributed by atoms with E-state index in [1.165, 1.54) is 27.0 Å². The molecule has 1 aliphatic heterocycles. The standard InChI is InChI=1S/C27H39N5OS/c1-7-8-24-29-26(25-18(2)19(3)34-27(25)30-24)28-22-11-13-32(14-12-22)16-20-9-10-23(33-6)21(15-20)17-31(4)5/h9-10,15,22H,7-8,11-14,16-17H2,1-6H3,(H,28,29,30). The van der Waals surface area contributed by atoms with Gasteiger partial charge in [-0.1, -0.05) is 13.0 Å². The molecule has 2 aromatic heterocycles. The number of anilines is 1. The highest BCUT2D eigenvalue weighted by atomic mass is 32.1. The van der Waals surface area contributed by atoms with E-state index in [1.54, 1.807) is 18.4 Å². The summed E-state index contributed by atoms with van der Waals surface area (Å²) in [6.07, 6.45) is 4.24. The number of ether oxygens (including phenoxy) is 1. The summed E-state index contributed by atoms with van der Waals surface area (Å²) in [6, 6.07) is 7.07. The zero-order valence-corrected chi connectivity index (χ0v) is 22.4. The summed E-state index contributed by atoms with van der Waals surface area (Å²) in [5.74, 6) is 2.97. The molecule has 6 nitrogen and oxygen atoms in total. The first-order valence-electron chi connectivity index (χ1n) is 12.4. The summed E-state index contributed by atoms with van der Waals surface area (Å²) in [7, 11) is 5.94. The van der Waals surface area contributed by atoms with Gasteiger partial charge in [0.15, 0.2) is 0 Å². The van der Waals surface area contributed by atoms with Gasteiger partial charge in [-0.05, 0) is 70.5 Å². The first-order valence-corrected chi connectivity index (χ1v) is 13.3. The fourth-order valence-electron chi connectivity index (χ4n) is 4.82. The molecule has 0 amide bonds. The van der Waals surface area contributed by atoms with E-state index in [1.807, 2.05) is 0 Å². The van der Waals surface area contributed by atoms with Gasteiger partial charge in [-0.25, -0.2) is 9.97 Å². The number of aryl methyl sites for hydroxylation is 3. The largest absolute Gasteiger partial charge is 0.496 e. The number of hydrogen-bond donors (Lipinski definition) is 1. The van der Waals surface area contributed by atoms with E-state index in [4.69, 9.17) is 14.7 Å². The van der Waals surface area contributed by atoms with Crippen LogP contribution < -0.4 is 10.1 Å². The maximum Gasteiger partial charge on any atom is 0.139 e. The quantitative estimate of drug-likeness (QED) is 0.441. The van der Waals surface area contributed by atoms with Gasteiger partial charge in [0.05, 0.1) is 12.5 Å². The van der Waals surface area contributed by atoms with Crippen LogP contribution in [0.2, 0.25) is 0 Å². The molecule has 1 aliphatic rings. The maximum atomic E-state index is 5.57. The smallest absolute Gasteiger partial charge is 0.139 e. The van der Waals surface area contributed by atoms with Crippen molar-refractivity contribution in [2.45, 2.75) is 65.6 Å². The first-order chi connectivity index (χ1) is 16.4. The lowest BCUT2D eigenvalue weighted by molar-refractivity contribution is 0.211. The van der Waals surface area contributed by atoms with E-state index < -0.39 is 0 Å². The van der Waals surface area contributed by atoms with Crippen LogP contribution in [-0.2, 0) is 19.5 Å². The van der Waals surface area contributed by atoms with Crippen LogP contribution in [0.25, 0.3) is 10.2 Å². The third-order valence-electron chi connectivity index (χ3n) is 6.71. The molecule has 0 atom stereocenters. The Morgan fingerprint density at radius 3 is 2.62 bits per heavy atom. The fourth-order valence-corrected chi connectivity index (χ4v) is 5.86. The van der Waals surface area contributed by atoms with Gasteiger partial charge in [0.1, 0.15) is 22.2 Å². The first kappa shape index (κ1) is 24.9. The Labute approximate surface area is 208 Å². The highest BCUT2D eigenvalue weighted by molar-refractivity contribution is 7.18. The van der Waals surface area contributed by atoms with Crippen LogP contribution in [-0.4, -0.2) is 60.1 Å². The summed E-state index contributed by atoms with van der Waals surface area (Å²) in [4.78, 5) is 17.0. The Morgan fingerprint density at radius 2 is 1.94 bits per heavy atom. The number of aromatic nitrogens is 2. The molecule has 4 rings (SSSR count). The summed E-state index contributed by atoms with van der Waals surface area (Å²) >= 11 is 1.79. The van der Waals surface area contributed by atoms with Crippen molar-refractivity contribution in [3.63, 3.8) is 0 Å². The Bertz CT molecular complexity index is 1120. The molecule has 1 saturated heterocycles. The second-order valence-corrected chi connectivity index (χ2v) is 11.0. The van der Waals surface area contributed by atoms with Crippen molar-refractivity contribution in [3.05, 3.63) is 45.6 Å². The Hall–Kier alpha value is -2.22. The molecular formula is C27H39N5OS. The molecule has 0 bridgehead atoms. The van der Waals surface area contributed by atoms with E-state index in [-0.39, 0.29) is 0 Å². The molecule has 0 radical (unpaired) electrons. The van der Waals surface area contributed by atoms with Gasteiger partial charge in [-0.3, -0.25) is 4.90 Å². The molecule has 7 heteroatoms. The molecule has 3 heterocycles. The Kier molecular flexibility index (Phi) is 8.06.